The number of halogens is 3. The lowest BCUT2D eigenvalue weighted by atomic mass is 10.1. The number of rotatable bonds is 18. The van der Waals surface area contributed by atoms with Gasteiger partial charge in [0.15, 0.2) is 0 Å². The fourth-order valence-electron chi connectivity index (χ4n) is 12.4. The number of nitrogens with one attached hydrogen (secondary N) is 3. The van der Waals surface area contributed by atoms with Crippen molar-refractivity contribution in [3.8, 4) is 67.9 Å². The summed E-state index contributed by atoms with van der Waals surface area (Å²) in [6, 6.07) is 45.0. The smallest absolute Gasteiger partial charge is 0.260 e. The Morgan fingerprint density at radius 1 is 0.422 bits per heavy atom. The maximum absolute atomic E-state index is 14.1. The number of aromatic nitrogens is 17. The van der Waals surface area contributed by atoms with Gasteiger partial charge in [0.2, 0.25) is 0 Å². The molecule has 19 nitrogen and oxygen atoms in total. The maximum atomic E-state index is 14.1. The number of fused-ring (bicyclic) bond motifs is 3. The van der Waals surface area contributed by atoms with E-state index in [-0.39, 0.29) is 46.7 Å². The summed E-state index contributed by atoms with van der Waals surface area (Å²) < 4.78 is 50.5. The Morgan fingerprint density at radius 2 is 0.833 bits per heavy atom. The van der Waals surface area contributed by atoms with Crippen LogP contribution in [0.5, 0.6) is 0 Å². The van der Waals surface area contributed by atoms with Gasteiger partial charge in [-0.2, -0.15) is 15.3 Å². The van der Waals surface area contributed by atoms with E-state index in [2.05, 4.69) is 77.5 Å². The first-order chi connectivity index (χ1) is 49.1. The predicted octanol–water partition coefficient (Wildman–Crippen LogP) is 16.0. The lowest BCUT2D eigenvalue weighted by molar-refractivity contribution is 0.534. The fraction of sp³-hybridized carbons (Fsp3) is 0.237. The quantitative estimate of drug-likeness (QED) is 0.0733. The van der Waals surface area contributed by atoms with Crippen molar-refractivity contribution in [1.82, 2.24) is 83.3 Å². The molecule has 516 valence electrons. The molecule has 0 atom stereocenters. The van der Waals surface area contributed by atoms with Crippen LogP contribution >= 0.6 is 0 Å². The minimum Gasteiger partial charge on any atom is -0.340 e. The van der Waals surface area contributed by atoms with Gasteiger partial charge in [0.25, 0.3) is 11.1 Å². The summed E-state index contributed by atoms with van der Waals surface area (Å²) in [6.45, 7) is 16.3. The monoisotopic (exact) mass is 1370 g/mol. The highest BCUT2D eigenvalue weighted by Gasteiger charge is 2.23. The highest BCUT2D eigenvalue weighted by Crippen LogP contribution is 2.35. The van der Waals surface area contributed by atoms with Gasteiger partial charge >= 0.3 is 0 Å². The Hall–Kier alpha value is -11.9. The summed E-state index contributed by atoms with van der Waals surface area (Å²) in [5.74, 6) is 1.71. The Labute approximate surface area is 586 Å². The molecule has 0 radical (unpaired) electrons. The molecule has 0 spiro atoms. The molecule has 102 heavy (non-hydrogen) atoms. The third-order valence-electron chi connectivity index (χ3n) is 17.8. The first-order valence-electron chi connectivity index (χ1n) is 34.1. The van der Waals surface area contributed by atoms with E-state index in [4.69, 9.17) is 30.2 Å². The van der Waals surface area contributed by atoms with Crippen molar-refractivity contribution in [2.45, 2.75) is 112 Å². The maximum Gasteiger partial charge on any atom is 0.260 e. The molecule has 9 aromatic heterocycles. The van der Waals surface area contributed by atoms with Gasteiger partial charge in [-0.3, -0.25) is 28.6 Å². The topological polar surface area (TPSA) is 222 Å². The normalized spacial score (nSPS) is 11.6. The van der Waals surface area contributed by atoms with E-state index in [1.54, 1.807) is 38.5 Å². The molecule has 9 heterocycles. The van der Waals surface area contributed by atoms with Gasteiger partial charge in [0.1, 0.15) is 52.0 Å². The molecule has 3 N–H and O–H groups in total. The fourth-order valence-corrected chi connectivity index (χ4v) is 12.4. The minimum absolute atomic E-state index is 0.111. The summed E-state index contributed by atoms with van der Waals surface area (Å²) in [5.41, 5.74) is 16.0. The number of H-pyrrole nitrogens is 3. The Morgan fingerprint density at radius 3 is 1.25 bits per heavy atom. The zero-order valence-corrected chi connectivity index (χ0v) is 58.5. The van der Waals surface area contributed by atoms with Gasteiger partial charge in [-0.05, 0) is 193 Å². The van der Waals surface area contributed by atoms with E-state index < -0.39 is 0 Å². The summed E-state index contributed by atoms with van der Waals surface area (Å²) >= 11 is 0. The summed E-state index contributed by atoms with van der Waals surface area (Å²) in [6.07, 6.45) is 14.4. The van der Waals surface area contributed by atoms with Gasteiger partial charge in [-0.1, -0.05) is 54.6 Å². The van der Waals surface area contributed by atoms with Crippen LogP contribution in [0.2, 0.25) is 0 Å². The molecule has 15 rings (SSSR count). The molecule has 22 heteroatoms. The van der Waals surface area contributed by atoms with Crippen molar-refractivity contribution >= 4 is 32.7 Å². The lowest BCUT2D eigenvalue weighted by Crippen LogP contribution is -2.16. The van der Waals surface area contributed by atoms with Crippen LogP contribution < -0.4 is 11.1 Å². The van der Waals surface area contributed by atoms with Crippen molar-refractivity contribution in [2.24, 2.45) is 14.1 Å². The number of hydrogen-bond donors (Lipinski definition) is 3. The summed E-state index contributed by atoms with van der Waals surface area (Å²) in [7, 11) is 3.37. The molecule has 0 bridgehead atoms. The molecule has 0 aliphatic heterocycles. The second-order valence-corrected chi connectivity index (χ2v) is 26.6. The molecule has 0 fully saturated rings. The van der Waals surface area contributed by atoms with Crippen LogP contribution in [-0.4, -0.2) is 83.3 Å². The number of benzene rings is 6. The van der Waals surface area contributed by atoms with Crippen LogP contribution in [-0.2, 0) is 52.6 Å². The van der Waals surface area contributed by atoms with Crippen molar-refractivity contribution < 1.29 is 13.2 Å². The second-order valence-electron chi connectivity index (χ2n) is 26.6. The molecule has 15 aromatic rings. The minimum atomic E-state index is -0.230. The number of aryl methyl sites for hydroxylation is 10. The van der Waals surface area contributed by atoms with Crippen LogP contribution in [0.4, 0.5) is 13.2 Å². The van der Waals surface area contributed by atoms with Gasteiger partial charge in [0.05, 0.1) is 74.1 Å². The van der Waals surface area contributed by atoms with E-state index in [9.17, 15) is 22.8 Å². The van der Waals surface area contributed by atoms with Gasteiger partial charge in [-0.25, -0.2) is 38.1 Å². The van der Waals surface area contributed by atoms with Gasteiger partial charge < -0.3 is 24.1 Å². The predicted molar refractivity (Wildman–Crippen MR) is 394 cm³/mol. The van der Waals surface area contributed by atoms with E-state index in [0.29, 0.717) is 65.9 Å². The van der Waals surface area contributed by atoms with Crippen LogP contribution in [0.15, 0.2) is 193 Å². The van der Waals surface area contributed by atoms with Gasteiger partial charge in [0, 0.05) is 98.3 Å². The van der Waals surface area contributed by atoms with Crippen molar-refractivity contribution in [2.75, 3.05) is 0 Å². The third-order valence-corrected chi connectivity index (χ3v) is 17.8. The number of hydrogen-bond acceptors (Lipinski definition) is 11. The zero-order chi connectivity index (χ0) is 71.5. The largest absolute Gasteiger partial charge is 0.340 e. The molecule has 6 aromatic carbocycles. The molecular weight excluding hydrogens is 1290 g/mol. The lowest BCUT2D eigenvalue weighted by Gasteiger charge is -2.05. The zero-order valence-electron chi connectivity index (χ0n) is 58.5. The standard InChI is InChI=1S/2C27H27FN6O.C26H24FN5/c2*1-16(2)34-10-9-23(32-34)26-25(19-6-7-22-21(14-19)27(35)33(4)15-29-22)30-24(31-26)8-5-18-11-17(3)12-20(28)13-18;1-17(2)32-15-13-23(31-32)26-25(20-9-11-22-19(16-20)7-5-14-28-22)29-24(30-26)12-10-18-6-3-4-8-21(18)27/h2*6-7,9-16H,5,8H2,1-4H3,(H,30,31);3-9,11,13-17H,10,12H2,1-2H3,(H,29,30). The molecule has 0 unspecified atom stereocenters. The van der Waals surface area contributed by atoms with Gasteiger partial charge in [-0.15, -0.1) is 0 Å². The van der Waals surface area contributed by atoms with Crippen LogP contribution in [0.25, 0.3) is 101 Å². The summed E-state index contributed by atoms with van der Waals surface area (Å²) in [5, 5.41) is 16.3. The molecule has 0 saturated heterocycles. The third kappa shape index (κ3) is 15.3. The first-order valence-corrected chi connectivity index (χ1v) is 34.1. The molecule has 0 amide bonds. The Kier molecular flexibility index (Phi) is 19.8. The number of pyridine rings is 1. The molecule has 0 saturated carbocycles. The highest BCUT2D eigenvalue weighted by atomic mass is 19.1. The molecule has 0 aliphatic rings. The van der Waals surface area contributed by atoms with E-state index in [1.165, 1.54) is 40.0 Å². The average Bonchev–Trinajstić information content (AvgIpc) is 1.55. The van der Waals surface area contributed by atoms with E-state index in [0.717, 1.165) is 119 Å². The average molecular weight is 1370 g/mol. The highest BCUT2D eigenvalue weighted by molar-refractivity contribution is 5.89. The summed E-state index contributed by atoms with van der Waals surface area (Å²) in [4.78, 5) is 63.6. The Balaban J connectivity index is 0.000000137. The molecule has 0 aliphatic carbocycles. The van der Waals surface area contributed by atoms with Crippen LogP contribution in [0.1, 0.15) is 105 Å². The van der Waals surface area contributed by atoms with Crippen molar-refractivity contribution in [1.29, 1.82) is 0 Å². The van der Waals surface area contributed by atoms with Crippen molar-refractivity contribution in [3.63, 3.8) is 0 Å². The van der Waals surface area contributed by atoms with E-state index in [1.807, 2.05) is 150 Å². The molecular formula is C80H78F3N17O2. The van der Waals surface area contributed by atoms with Crippen LogP contribution in [0, 0.1) is 31.3 Å². The SMILES string of the molecule is CC(C)n1ccc(-c2[nH]c(CCc3ccccc3F)nc2-c2ccc3ncccc3c2)n1.Cc1cc(F)cc(CCc2nc(-c3ccc4ncn(C)c(=O)c4c3)c(-c3ccn(C(C)C)n3)[nH]2)c1.Cc1cc(F)cc(CCc2nc(-c3ccc4ncn(C)c(=O)c4c3)c(-c3ccn(C(C)C)n3)[nH]2)c1. The van der Waals surface area contributed by atoms with Crippen LogP contribution in [0.3, 0.4) is 0 Å². The first kappa shape index (κ1) is 68.6. The number of aromatic amines is 3. The number of imidazole rings is 3. The second kappa shape index (κ2) is 29.5. The number of nitrogens with zero attached hydrogens (tertiary/aromatic N) is 14. The van der Waals surface area contributed by atoms with Crippen molar-refractivity contribution in [3.05, 3.63) is 266 Å². The Bertz CT molecular complexity index is 5390. The van der Waals surface area contributed by atoms with E-state index >= 15 is 0 Å².